The van der Waals surface area contributed by atoms with E-state index < -0.39 is 0 Å². The van der Waals surface area contributed by atoms with Crippen LogP contribution in [0.3, 0.4) is 0 Å². The Labute approximate surface area is 129 Å². The molecule has 0 bridgehead atoms. The molecule has 118 valence electrons. The summed E-state index contributed by atoms with van der Waals surface area (Å²) in [5.41, 5.74) is 1.63. The summed E-state index contributed by atoms with van der Waals surface area (Å²) in [6, 6.07) is 0.860. The summed E-state index contributed by atoms with van der Waals surface area (Å²) in [6.45, 7) is 7.63. The van der Waals surface area contributed by atoms with Crippen molar-refractivity contribution in [2.24, 2.45) is 0 Å². The van der Waals surface area contributed by atoms with Gasteiger partial charge in [-0.1, -0.05) is 18.6 Å². The quantitative estimate of drug-likeness (QED) is 0.743. The second kappa shape index (κ2) is 8.32. The number of nitrogens with one attached hydrogen (secondary N) is 1. The molecule has 0 saturated heterocycles. The third kappa shape index (κ3) is 4.95. The van der Waals surface area contributed by atoms with Crippen molar-refractivity contribution in [1.29, 1.82) is 0 Å². The summed E-state index contributed by atoms with van der Waals surface area (Å²) in [4.78, 5) is 4.47. The molecule has 21 heavy (non-hydrogen) atoms. The van der Waals surface area contributed by atoms with E-state index in [1.54, 1.807) is 11.9 Å². The Morgan fingerprint density at radius 2 is 2.14 bits per heavy atom. The van der Waals surface area contributed by atoms with Crippen LogP contribution in [0.4, 0.5) is 0 Å². The predicted molar refractivity (Wildman–Crippen MR) is 87.4 cm³/mol. The lowest BCUT2D eigenvalue weighted by Gasteiger charge is -2.22. The van der Waals surface area contributed by atoms with Crippen LogP contribution in [0.2, 0.25) is 0 Å². The maximum absolute atomic E-state index is 4.47. The fourth-order valence-electron chi connectivity index (χ4n) is 3.04. The van der Waals surface area contributed by atoms with Crippen LogP contribution >= 0.6 is 0 Å². The molecule has 0 aliphatic heterocycles. The summed E-state index contributed by atoms with van der Waals surface area (Å²) < 4.78 is 2.05. The van der Waals surface area contributed by atoms with Gasteiger partial charge in [0.25, 0.3) is 0 Å². The number of rotatable bonds is 8. The van der Waals surface area contributed by atoms with Crippen LogP contribution in [0.1, 0.15) is 71.2 Å². The Morgan fingerprint density at radius 3 is 2.81 bits per heavy atom. The zero-order chi connectivity index (χ0) is 15.1. The molecule has 1 unspecified atom stereocenters. The lowest BCUT2D eigenvalue weighted by Crippen LogP contribution is -2.33. The first-order valence-electron chi connectivity index (χ1n) is 8.50. The molecule has 0 spiro atoms. The van der Waals surface area contributed by atoms with Crippen molar-refractivity contribution in [3.8, 4) is 0 Å². The summed E-state index contributed by atoms with van der Waals surface area (Å²) in [5, 5.41) is 8.06. The van der Waals surface area contributed by atoms with Crippen molar-refractivity contribution in [3.63, 3.8) is 0 Å². The van der Waals surface area contributed by atoms with Gasteiger partial charge in [-0.05, 0) is 58.9 Å². The van der Waals surface area contributed by atoms with E-state index >= 15 is 0 Å². The van der Waals surface area contributed by atoms with Gasteiger partial charge in [-0.15, -0.1) is 0 Å². The smallest absolute Gasteiger partial charge is 0.138 e. The van der Waals surface area contributed by atoms with Gasteiger partial charge >= 0.3 is 0 Å². The number of hydrogen-bond donors (Lipinski definition) is 1. The van der Waals surface area contributed by atoms with E-state index in [2.05, 4.69) is 46.9 Å². The highest BCUT2D eigenvalue weighted by Crippen LogP contribution is 2.22. The highest BCUT2D eigenvalue weighted by Gasteiger charge is 2.17. The minimum absolute atomic E-state index is 0.378. The van der Waals surface area contributed by atoms with Crippen molar-refractivity contribution in [2.45, 2.75) is 77.8 Å². The molecule has 1 aromatic heterocycles. The molecule has 1 aliphatic rings. The molecule has 1 aliphatic carbocycles. The Bertz CT molecular complexity index is 447. The van der Waals surface area contributed by atoms with Gasteiger partial charge in [0.1, 0.15) is 12.2 Å². The number of aromatic nitrogens is 3. The van der Waals surface area contributed by atoms with Crippen molar-refractivity contribution in [3.05, 3.63) is 23.8 Å². The Balaban J connectivity index is 2.01. The zero-order valence-corrected chi connectivity index (χ0v) is 13.8. The molecule has 1 heterocycles. The van der Waals surface area contributed by atoms with Gasteiger partial charge in [-0.25, -0.2) is 9.67 Å². The molecular formula is C17H30N4. The predicted octanol–water partition coefficient (Wildman–Crippen LogP) is 3.66. The fourth-order valence-corrected chi connectivity index (χ4v) is 3.04. The van der Waals surface area contributed by atoms with Crippen LogP contribution < -0.4 is 5.32 Å². The third-order valence-corrected chi connectivity index (χ3v) is 4.14. The Kier molecular flexibility index (Phi) is 6.43. The van der Waals surface area contributed by atoms with Crippen LogP contribution in [-0.2, 0) is 6.42 Å². The summed E-state index contributed by atoms with van der Waals surface area (Å²) in [6.07, 6.45) is 12.7. The van der Waals surface area contributed by atoms with Crippen molar-refractivity contribution >= 4 is 0 Å². The SMILES string of the molecule is CCCNC(CC1=CCCCC1)Cc1ncnn1C(C)C. The average Bonchev–Trinajstić information content (AvgIpc) is 2.94. The van der Waals surface area contributed by atoms with Crippen molar-refractivity contribution in [2.75, 3.05) is 6.54 Å². The second-order valence-corrected chi connectivity index (χ2v) is 6.38. The largest absolute Gasteiger partial charge is 0.313 e. The normalized spacial score (nSPS) is 17.0. The topological polar surface area (TPSA) is 42.7 Å². The first-order chi connectivity index (χ1) is 10.2. The minimum atomic E-state index is 0.378. The van der Waals surface area contributed by atoms with E-state index in [0.29, 0.717) is 12.1 Å². The summed E-state index contributed by atoms with van der Waals surface area (Å²) >= 11 is 0. The van der Waals surface area contributed by atoms with E-state index in [-0.39, 0.29) is 0 Å². The molecule has 2 rings (SSSR count). The number of nitrogens with zero attached hydrogens (tertiary/aromatic N) is 3. The molecule has 1 atom stereocenters. The Hall–Kier alpha value is -1.16. The van der Waals surface area contributed by atoms with Gasteiger partial charge in [0.05, 0.1) is 0 Å². The molecule has 0 aromatic carbocycles. The van der Waals surface area contributed by atoms with Gasteiger partial charge in [-0.3, -0.25) is 0 Å². The van der Waals surface area contributed by atoms with E-state index in [9.17, 15) is 0 Å². The minimum Gasteiger partial charge on any atom is -0.313 e. The highest BCUT2D eigenvalue weighted by atomic mass is 15.3. The van der Waals surface area contributed by atoms with Crippen molar-refractivity contribution < 1.29 is 0 Å². The third-order valence-electron chi connectivity index (χ3n) is 4.14. The van der Waals surface area contributed by atoms with Crippen LogP contribution in [0, 0.1) is 0 Å². The number of allylic oxidation sites excluding steroid dienone is 1. The van der Waals surface area contributed by atoms with E-state index in [4.69, 9.17) is 0 Å². The standard InChI is InChI=1S/C17H30N4/c1-4-10-18-16(11-15-8-6-5-7-9-15)12-17-19-13-20-21(17)14(2)3/h8,13-14,16,18H,4-7,9-12H2,1-3H3. The van der Waals surface area contributed by atoms with Gasteiger partial charge in [0, 0.05) is 18.5 Å². The zero-order valence-electron chi connectivity index (χ0n) is 13.8. The van der Waals surface area contributed by atoms with Gasteiger partial charge in [0.15, 0.2) is 0 Å². The van der Waals surface area contributed by atoms with Crippen LogP contribution in [-0.4, -0.2) is 27.4 Å². The molecule has 4 heteroatoms. The summed E-state index contributed by atoms with van der Waals surface area (Å²) in [5.74, 6) is 1.11. The lowest BCUT2D eigenvalue weighted by molar-refractivity contribution is 0.446. The lowest BCUT2D eigenvalue weighted by atomic mass is 9.93. The molecule has 0 fully saturated rings. The number of hydrogen-bond acceptors (Lipinski definition) is 3. The van der Waals surface area contributed by atoms with E-state index in [1.165, 1.54) is 32.1 Å². The van der Waals surface area contributed by atoms with E-state index in [1.807, 2.05) is 0 Å². The molecule has 1 aromatic rings. The Morgan fingerprint density at radius 1 is 1.29 bits per heavy atom. The van der Waals surface area contributed by atoms with Gasteiger partial charge < -0.3 is 5.32 Å². The first kappa shape index (κ1) is 16.2. The van der Waals surface area contributed by atoms with Gasteiger partial charge in [0.2, 0.25) is 0 Å². The van der Waals surface area contributed by atoms with Crippen LogP contribution in [0.15, 0.2) is 18.0 Å². The monoisotopic (exact) mass is 290 g/mol. The van der Waals surface area contributed by atoms with Crippen LogP contribution in [0.5, 0.6) is 0 Å². The second-order valence-electron chi connectivity index (χ2n) is 6.38. The molecule has 0 saturated carbocycles. The summed E-state index contributed by atoms with van der Waals surface area (Å²) in [7, 11) is 0. The highest BCUT2D eigenvalue weighted by molar-refractivity contribution is 5.08. The average molecular weight is 290 g/mol. The van der Waals surface area contributed by atoms with E-state index in [0.717, 1.165) is 25.2 Å². The molecule has 0 amide bonds. The molecule has 1 N–H and O–H groups in total. The molecule has 0 radical (unpaired) electrons. The molecule has 4 nitrogen and oxygen atoms in total. The van der Waals surface area contributed by atoms with Crippen molar-refractivity contribution in [1.82, 2.24) is 20.1 Å². The molecular weight excluding hydrogens is 260 g/mol. The fraction of sp³-hybridized carbons (Fsp3) is 0.765. The maximum Gasteiger partial charge on any atom is 0.138 e. The maximum atomic E-state index is 4.47. The van der Waals surface area contributed by atoms with Gasteiger partial charge in [-0.2, -0.15) is 5.10 Å². The van der Waals surface area contributed by atoms with Crippen LogP contribution in [0.25, 0.3) is 0 Å². The first-order valence-corrected chi connectivity index (χ1v) is 8.50.